The molecule has 0 bridgehead atoms. The lowest BCUT2D eigenvalue weighted by Gasteiger charge is -2.22. The van der Waals surface area contributed by atoms with Crippen LogP contribution in [0, 0.1) is 18.6 Å². The zero-order valence-corrected chi connectivity index (χ0v) is 23.0. The van der Waals surface area contributed by atoms with Gasteiger partial charge in [0.15, 0.2) is 11.6 Å². The highest BCUT2D eigenvalue weighted by Gasteiger charge is 2.36. The Morgan fingerprint density at radius 1 is 1.07 bits per heavy atom. The zero-order valence-electron chi connectivity index (χ0n) is 22.2. The summed E-state index contributed by atoms with van der Waals surface area (Å²) in [6.07, 6.45) is -3.54. The minimum absolute atomic E-state index is 0.00211. The maximum atomic E-state index is 15.5. The molecule has 0 amide bonds. The number of thioether (sulfide) groups is 1. The summed E-state index contributed by atoms with van der Waals surface area (Å²) in [6, 6.07) is 12.3. The Labute approximate surface area is 237 Å². The van der Waals surface area contributed by atoms with Crippen LogP contribution in [-0.4, -0.2) is 29.0 Å². The van der Waals surface area contributed by atoms with Gasteiger partial charge in [-0.15, -0.1) is 11.8 Å². The Morgan fingerprint density at radius 2 is 1.85 bits per heavy atom. The summed E-state index contributed by atoms with van der Waals surface area (Å²) in [7, 11) is 1.30. The van der Waals surface area contributed by atoms with Crippen molar-refractivity contribution in [2.45, 2.75) is 37.1 Å². The second-order valence-corrected chi connectivity index (χ2v) is 10.6. The third kappa shape index (κ3) is 5.60. The lowest BCUT2D eigenvalue weighted by atomic mass is 9.92. The smallest absolute Gasteiger partial charge is 0.416 e. The van der Waals surface area contributed by atoms with Crippen molar-refractivity contribution >= 4 is 11.8 Å². The van der Waals surface area contributed by atoms with Gasteiger partial charge in [-0.25, -0.2) is 8.78 Å². The van der Waals surface area contributed by atoms with E-state index in [4.69, 9.17) is 4.74 Å². The van der Waals surface area contributed by atoms with E-state index in [0.29, 0.717) is 35.0 Å². The Kier molecular flexibility index (Phi) is 8.19. The molecule has 1 N–H and O–H groups in total. The fourth-order valence-electron chi connectivity index (χ4n) is 5.16. The van der Waals surface area contributed by atoms with Crippen LogP contribution in [0.3, 0.4) is 0 Å². The van der Waals surface area contributed by atoms with E-state index in [1.807, 2.05) is 12.1 Å². The van der Waals surface area contributed by atoms with Crippen LogP contribution in [0.1, 0.15) is 34.0 Å². The number of alkyl halides is 3. The summed E-state index contributed by atoms with van der Waals surface area (Å²) < 4.78 is 78.7. The molecule has 0 saturated heterocycles. The molecular weight excluding hydrogens is 561 g/mol. The van der Waals surface area contributed by atoms with Gasteiger partial charge < -0.3 is 10.1 Å². The molecule has 0 radical (unpaired) electrons. The molecule has 1 unspecified atom stereocenters. The average Bonchev–Trinajstić information content (AvgIpc) is 3.36. The number of methoxy groups -OCH3 is 1. The lowest BCUT2D eigenvalue weighted by molar-refractivity contribution is -0.138. The van der Waals surface area contributed by atoms with Crippen LogP contribution in [0.2, 0.25) is 0 Å². The number of aromatic nitrogens is 2. The molecular formula is C30H26F5N3O2S. The number of benzene rings is 2. The molecule has 0 saturated carbocycles. The number of hydrogen-bond donors (Lipinski definition) is 1. The molecule has 2 aromatic carbocycles. The van der Waals surface area contributed by atoms with E-state index in [1.165, 1.54) is 41.6 Å². The third-order valence-corrected chi connectivity index (χ3v) is 8.43. The Morgan fingerprint density at radius 3 is 2.56 bits per heavy atom. The number of ether oxygens (including phenoxy) is 1. The van der Waals surface area contributed by atoms with Crippen LogP contribution in [0.4, 0.5) is 22.0 Å². The van der Waals surface area contributed by atoms with Gasteiger partial charge in [-0.05, 0) is 48.4 Å². The zero-order chi connectivity index (χ0) is 29.3. The highest BCUT2D eigenvalue weighted by atomic mass is 32.2. The summed E-state index contributed by atoms with van der Waals surface area (Å²) in [5, 5.41) is 3.73. The molecule has 0 fully saturated rings. The molecule has 1 atom stereocenters. The number of nitrogens with one attached hydrogen (secondary N) is 1. The second-order valence-electron chi connectivity index (χ2n) is 9.64. The molecule has 5 rings (SSSR count). The molecule has 2 aromatic heterocycles. The summed E-state index contributed by atoms with van der Waals surface area (Å²) in [5.74, 6) is -1.40. The van der Waals surface area contributed by atoms with Gasteiger partial charge in [0.05, 0.1) is 35.0 Å². The van der Waals surface area contributed by atoms with Crippen LogP contribution < -0.4 is 15.6 Å². The van der Waals surface area contributed by atoms with Crippen LogP contribution >= 0.6 is 11.8 Å². The Hall–Kier alpha value is -3.70. The quantitative estimate of drug-likeness (QED) is 0.237. The normalized spacial score (nSPS) is 14.8. The van der Waals surface area contributed by atoms with Gasteiger partial charge in [0.25, 0.3) is 5.56 Å². The van der Waals surface area contributed by atoms with Crippen molar-refractivity contribution in [1.29, 1.82) is 0 Å². The second kappa shape index (κ2) is 11.7. The maximum Gasteiger partial charge on any atom is 0.416 e. The van der Waals surface area contributed by atoms with Gasteiger partial charge >= 0.3 is 6.18 Å². The van der Waals surface area contributed by atoms with Crippen molar-refractivity contribution < 1.29 is 26.7 Å². The van der Waals surface area contributed by atoms with Crippen molar-refractivity contribution in [3.8, 4) is 16.9 Å². The SMILES string of the molecule is COc1cccc(-c2c(C)c(Cc3c(F)cccc3C(F)(F)F)c3n(c2=O)C(CNCc2ccccn2)CS3)c1F. The van der Waals surface area contributed by atoms with Crippen LogP contribution in [0.25, 0.3) is 11.1 Å². The maximum absolute atomic E-state index is 15.5. The highest BCUT2D eigenvalue weighted by Crippen LogP contribution is 2.42. The van der Waals surface area contributed by atoms with E-state index >= 15 is 4.39 Å². The standard InChI is InChI=1S/C30H26F5N3O2S/c1-17-21(13-22-23(30(33,34)35)9-6-10-24(22)31)29-38(19(16-41-29)15-36-14-18-7-3-4-12-37-18)28(39)26(17)20-8-5-11-25(40-2)27(20)32/h3-12,19,36H,13-16H2,1-2H3. The van der Waals surface area contributed by atoms with Crippen molar-refractivity contribution in [3.05, 3.63) is 111 Å². The Bertz CT molecular complexity index is 1640. The molecule has 1 aliphatic heterocycles. The molecule has 0 spiro atoms. The third-order valence-electron chi connectivity index (χ3n) is 7.16. The van der Waals surface area contributed by atoms with E-state index in [9.17, 15) is 22.4 Å². The van der Waals surface area contributed by atoms with Gasteiger partial charge in [-0.2, -0.15) is 13.2 Å². The molecule has 4 aromatic rings. The topological polar surface area (TPSA) is 56.1 Å². The summed E-state index contributed by atoms with van der Waals surface area (Å²) >= 11 is 1.32. The van der Waals surface area contributed by atoms with Gasteiger partial charge in [0, 0.05) is 42.6 Å². The van der Waals surface area contributed by atoms with Crippen LogP contribution in [-0.2, 0) is 19.1 Å². The van der Waals surface area contributed by atoms with Crippen molar-refractivity contribution in [1.82, 2.24) is 14.9 Å². The number of rotatable bonds is 8. The first kappa shape index (κ1) is 28.8. The molecule has 41 heavy (non-hydrogen) atoms. The van der Waals surface area contributed by atoms with E-state index in [1.54, 1.807) is 19.2 Å². The number of hydrogen-bond acceptors (Lipinski definition) is 5. The Balaban J connectivity index is 1.65. The van der Waals surface area contributed by atoms with E-state index in [0.717, 1.165) is 23.9 Å². The minimum atomic E-state index is -4.78. The predicted octanol–water partition coefficient (Wildman–Crippen LogP) is 6.55. The predicted molar refractivity (Wildman–Crippen MR) is 147 cm³/mol. The number of pyridine rings is 2. The van der Waals surface area contributed by atoms with Crippen molar-refractivity contribution in [2.75, 3.05) is 19.4 Å². The first-order chi connectivity index (χ1) is 19.6. The van der Waals surface area contributed by atoms with Gasteiger partial charge in [-0.1, -0.05) is 24.3 Å². The van der Waals surface area contributed by atoms with E-state index in [-0.39, 0.29) is 22.9 Å². The molecule has 1 aliphatic rings. The number of nitrogens with zero attached hydrogens (tertiary/aromatic N) is 2. The fraction of sp³-hybridized carbons (Fsp3) is 0.267. The summed E-state index contributed by atoms with van der Waals surface area (Å²) in [5.41, 5.74) is -0.700. The van der Waals surface area contributed by atoms with Crippen LogP contribution in [0.15, 0.2) is 70.6 Å². The molecule has 11 heteroatoms. The first-order valence-corrected chi connectivity index (χ1v) is 13.8. The molecule has 3 heterocycles. The van der Waals surface area contributed by atoms with Crippen molar-refractivity contribution in [3.63, 3.8) is 0 Å². The highest BCUT2D eigenvalue weighted by molar-refractivity contribution is 7.99. The monoisotopic (exact) mass is 587 g/mol. The summed E-state index contributed by atoms with van der Waals surface area (Å²) in [4.78, 5) is 18.3. The fourth-order valence-corrected chi connectivity index (χ4v) is 6.54. The molecule has 5 nitrogen and oxygen atoms in total. The summed E-state index contributed by atoms with van der Waals surface area (Å²) in [6.45, 7) is 2.35. The van der Waals surface area contributed by atoms with E-state index < -0.39 is 40.9 Å². The van der Waals surface area contributed by atoms with Gasteiger partial charge in [0.2, 0.25) is 0 Å². The molecule has 214 valence electrons. The lowest BCUT2D eigenvalue weighted by Crippen LogP contribution is -2.33. The van der Waals surface area contributed by atoms with E-state index in [2.05, 4.69) is 10.3 Å². The number of halogens is 5. The van der Waals surface area contributed by atoms with Gasteiger partial charge in [-0.3, -0.25) is 14.3 Å². The minimum Gasteiger partial charge on any atom is -0.494 e. The van der Waals surface area contributed by atoms with Crippen molar-refractivity contribution in [2.24, 2.45) is 0 Å². The number of fused-ring (bicyclic) bond motifs is 1. The largest absolute Gasteiger partial charge is 0.494 e. The molecule has 0 aliphatic carbocycles. The van der Waals surface area contributed by atoms with Crippen LogP contribution in [0.5, 0.6) is 5.75 Å². The average molecular weight is 588 g/mol. The first-order valence-electron chi connectivity index (χ1n) is 12.8. The van der Waals surface area contributed by atoms with Gasteiger partial charge in [0.1, 0.15) is 5.82 Å².